The van der Waals surface area contributed by atoms with Crippen molar-refractivity contribution in [3.05, 3.63) is 76.4 Å². The molecule has 0 bridgehead atoms. The van der Waals surface area contributed by atoms with Gasteiger partial charge in [-0.25, -0.2) is 4.79 Å². The number of fused-ring (bicyclic) bond motifs is 1. The van der Waals surface area contributed by atoms with Crippen molar-refractivity contribution in [2.24, 2.45) is 0 Å². The molecule has 0 aromatic heterocycles. The molecule has 0 heterocycles. The van der Waals surface area contributed by atoms with Crippen LogP contribution in [-0.2, 0) is 9.53 Å². The lowest BCUT2D eigenvalue weighted by Crippen LogP contribution is -2.22. The molecule has 0 unspecified atom stereocenters. The van der Waals surface area contributed by atoms with E-state index in [2.05, 4.69) is 0 Å². The van der Waals surface area contributed by atoms with Gasteiger partial charge in [-0.15, -0.1) is 0 Å². The first-order valence-electron chi connectivity index (χ1n) is 8.17. The Hall–Kier alpha value is -3.34. The summed E-state index contributed by atoms with van der Waals surface area (Å²) in [6.45, 7) is 1.81. The van der Waals surface area contributed by atoms with Crippen LogP contribution in [0.25, 0.3) is 11.8 Å². The second-order valence-corrected chi connectivity index (χ2v) is 5.65. The zero-order valence-corrected chi connectivity index (χ0v) is 14.5. The molecule has 0 aliphatic heterocycles. The Balaban J connectivity index is 2.17. The number of hydrogen-bond acceptors (Lipinski definition) is 5. The van der Waals surface area contributed by atoms with E-state index in [1.807, 2.05) is 0 Å². The number of hydrogen-bond donors (Lipinski definition) is 1. The molecule has 0 radical (unpaired) electrons. The van der Waals surface area contributed by atoms with Gasteiger partial charge in [-0.1, -0.05) is 36.4 Å². The summed E-state index contributed by atoms with van der Waals surface area (Å²) in [5, 5.41) is 10.6. The highest BCUT2D eigenvalue weighted by Crippen LogP contribution is 2.35. The van der Waals surface area contributed by atoms with Crippen molar-refractivity contribution in [3.63, 3.8) is 0 Å². The minimum absolute atomic E-state index is 0.102. The van der Waals surface area contributed by atoms with Crippen molar-refractivity contribution in [3.8, 4) is 5.75 Å². The van der Waals surface area contributed by atoms with Gasteiger partial charge in [0.1, 0.15) is 17.1 Å². The Bertz CT molecular complexity index is 920. The minimum Gasteiger partial charge on any atom is -0.506 e. The van der Waals surface area contributed by atoms with Crippen LogP contribution in [0.5, 0.6) is 5.75 Å². The lowest BCUT2D eigenvalue weighted by atomic mass is 9.84. The number of aliphatic hydroxyl groups excluding tert-OH is 1. The highest BCUT2D eigenvalue weighted by Gasteiger charge is 2.34. The third kappa shape index (κ3) is 3.11. The minimum atomic E-state index is -0.729. The lowest BCUT2D eigenvalue weighted by Gasteiger charge is -2.20. The average molecular weight is 350 g/mol. The van der Waals surface area contributed by atoms with Crippen LogP contribution >= 0.6 is 0 Å². The van der Waals surface area contributed by atoms with Gasteiger partial charge in [0.25, 0.3) is 0 Å². The first-order chi connectivity index (χ1) is 12.6. The molecule has 1 N–H and O–H groups in total. The molecular formula is C21H18O5. The van der Waals surface area contributed by atoms with Crippen LogP contribution in [0.1, 0.15) is 28.4 Å². The van der Waals surface area contributed by atoms with E-state index in [0.29, 0.717) is 22.4 Å². The van der Waals surface area contributed by atoms with E-state index in [9.17, 15) is 14.7 Å². The molecule has 1 aliphatic carbocycles. The normalized spacial score (nSPS) is 15.0. The molecular weight excluding hydrogens is 332 g/mol. The Morgan fingerprint density at radius 3 is 2.35 bits per heavy atom. The fraction of sp³-hybridized carbons (Fsp3) is 0.143. The molecule has 5 heteroatoms. The van der Waals surface area contributed by atoms with Gasteiger partial charge < -0.3 is 14.6 Å². The van der Waals surface area contributed by atoms with E-state index in [4.69, 9.17) is 9.47 Å². The number of Topliss-reactive ketones (excluding diaryl/α,β-unsaturated/α-hetero) is 1. The number of carbonyl (C=O) groups is 2. The van der Waals surface area contributed by atoms with Gasteiger partial charge in [0.05, 0.1) is 13.7 Å². The Morgan fingerprint density at radius 2 is 1.73 bits per heavy atom. The average Bonchev–Trinajstić information content (AvgIpc) is 2.66. The molecule has 0 spiro atoms. The SMILES string of the molecule is CCOC(=O)C1=C(O)c2ccccc2C(=O)C1=Cc1ccc(OC)cc1. The first-order valence-corrected chi connectivity index (χ1v) is 8.17. The van der Waals surface area contributed by atoms with E-state index >= 15 is 0 Å². The highest BCUT2D eigenvalue weighted by molar-refractivity contribution is 6.26. The number of methoxy groups -OCH3 is 1. The second-order valence-electron chi connectivity index (χ2n) is 5.65. The van der Waals surface area contributed by atoms with Gasteiger partial charge in [-0.2, -0.15) is 0 Å². The van der Waals surface area contributed by atoms with Crippen molar-refractivity contribution in [1.29, 1.82) is 0 Å². The maximum absolute atomic E-state index is 13.0. The van der Waals surface area contributed by atoms with Crippen LogP contribution in [0.2, 0.25) is 0 Å². The van der Waals surface area contributed by atoms with Crippen LogP contribution < -0.4 is 4.74 Å². The Morgan fingerprint density at radius 1 is 1.08 bits per heavy atom. The summed E-state index contributed by atoms with van der Waals surface area (Å²) in [5.41, 5.74) is 1.35. The molecule has 5 nitrogen and oxygen atoms in total. The van der Waals surface area contributed by atoms with Crippen molar-refractivity contribution >= 4 is 23.6 Å². The molecule has 26 heavy (non-hydrogen) atoms. The maximum Gasteiger partial charge on any atom is 0.342 e. The van der Waals surface area contributed by atoms with E-state index in [1.54, 1.807) is 68.6 Å². The summed E-state index contributed by atoms with van der Waals surface area (Å²) in [6.07, 6.45) is 1.57. The molecule has 1 aliphatic rings. The molecule has 3 rings (SSSR count). The maximum atomic E-state index is 13.0. The largest absolute Gasteiger partial charge is 0.506 e. The molecule has 2 aromatic rings. The van der Waals surface area contributed by atoms with Gasteiger partial charge in [0, 0.05) is 16.7 Å². The van der Waals surface area contributed by atoms with Crippen molar-refractivity contribution in [2.75, 3.05) is 13.7 Å². The van der Waals surface area contributed by atoms with Gasteiger partial charge in [0.15, 0.2) is 5.78 Å². The monoisotopic (exact) mass is 350 g/mol. The topological polar surface area (TPSA) is 72.8 Å². The molecule has 0 saturated carbocycles. The summed E-state index contributed by atoms with van der Waals surface area (Å²) < 4.78 is 10.2. The van der Waals surface area contributed by atoms with Crippen LogP contribution in [0.4, 0.5) is 0 Å². The summed E-state index contributed by atoms with van der Waals surface area (Å²) in [6, 6.07) is 13.7. The lowest BCUT2D eigenvalue weighted by molar-refractivity contribution is -0.138. The zero-order chi connectivity index (χ0) is 18.7. The molecule has 0 saturated heterocycles. The third-order valence-electron chi connectivity index (χ3n) is 4.08. The summed E-state index contributed by atoms with van der Waals surface area (Å²) in [4.78, 5) is 25.4. The summed E-state index contributed by atoms with van der Waals surface area (Å²) in [5.74, 6) is -0.639. The quantitative estimate of drug-likeness (QED) is 0.670. The summed E-state index contributed by atoms with van der Waals surface area (Å²) >= 11 is 0. The number of rotatable bonds is 4. The highest BCUT2D eigenvalue weighted by atomic mass is 16.5. The van der Waals surface area contributed by atoms with Gasteiger partial charge in [0.2, 0.25) is 0 Å². The van der Waals surface area contributed by atoms with E-state index < -0.39 is 5.97 Å². The standard InChI is InChI=1S/C21H18O5/c1-3-26-21(24)18-17(12-13-8-10-14(25-2)11-9-13)19(22)15-6-4-5-7-16(15)20(18)23/h4-12,23H,3H2,1-2H3. The first kappa shape index (κ1) is 17.5. The van der Waals surface area contributed by atoms with Gasteiger partial charge >= 0.3 is 5.97 Å². The number of ether oxygens (including phenoxy) is 2. The van der Waals surface area contributed by atoms with Gasteiger partial charge in [-0.3, -0.25) is 4.79 Å². The van der Waals surface area contributed by atoms with Gasteiger partial charge in [-0.05, 0) is 30.7 Å². The predicted molar refractivity (Wildman–Crippen MR) is 97.9 cm³/mol. The van der Waals surface area contributed by atoms with E-state index in [0.717, 1.165) is 0 Å². The third-order valence-corrected chi connectivity index (χ3v) is 4.08. The fourth-order valence-corrected chi connectivity index (χ4v) is 2.82. The fourth-order valence-electron chi connectivity index (χ4n) is 2.82. The number of esters is 1. The van der Waals surface area contributed by atoms with Crippen LogP contribution in [0.15, 0.2) is 59.7 Å². The molecule has 0 amide bonds. The zero-order valence-electron chi connectivity index (χ0n) is 14.5. The molecule has 132 valence electrons. The van der Waals surface area contributed by atoms with Crippen molar-refractivity contribution in [2.45, 2.75) is 6.92 Å². The summed E-state index contributed by atoms with van der Waals surface area (Å²) in [7, 11) is 1.56. The molecule has 0 fully saturated rings. The smallest absolute Gasteiger partial charge is 0.342 e. The second kappa shape index (κ2) is 7.27. The van der Waals surface area contributed by atoms with Crippen LogP contribution in [0.3, 0.4) is 0 Å². The van der Waals surface area contributed by atoms with E-state index in [-0.39, 0.29) is 29.3 Å². The van der Waals surface area contributed by atoms with Crippen LogP contribution in [-0.4, -0.2) is 30.6 Å². The van der Waals surface area contributed by atoms with E-state index in [1.165, 1.54) is 0 Å². The number of aliphatic hydroxyl groups is 1. The Kier molecular flexibility index (Phi) is 4.89. The number of ketones is 1. The Labute approximate surface area is 151 Å². The predicted octanol–water partition coefficient (Wildman–Crippen LogP) is 3.81. The van der Waals surface area contributed by atoms with Crippen molar-refractivity contribution in [1.82, 2.24) is 0 Å². The number of benzene rings is 2. The molecule has 2 aromatic carbocycles. The molecule has 0 atom stereocenters. The van der Waals surface area contributed by atoms with Crippen molar-refractivity contribution < 1.29 is 24.2 Å². The van der Waals surface area contributed by atoms with Crippen LogP contribution in [0, 0.1) is 0 Å². The number of carbonyl (C=O) groups excluding carboxylic acids is 2.